The van der Waals surface area contributed by atoms with Gasteiger partial charge in [-0.25, -0.2) is 0 Å². The number of nitro groups is 1. The maximum Gasteiger partial charge on any atom is 0.416 e. The molecule has 0 radical (unpaired) electrons. The first-order chi connectivity index (χ1) is 20.1. The number of nitro benzene ring substituents is 1. The Bertz CT molecular complexity index is 1550. The van der Waals surface area contributed by atoms with Gasteiger partial charge in [0.1, 0.15) is 6.54 Å². The second-order valence-corrected chi connectivity index (χ2v) is 9.65. The summed E-state index contributed by atoms with van der Waals surface area (Å²) in [5.41, 5.74) is 1.36. The van der Waals surface area contributed by atoms with Crippen LogP contribution in [0.15, 0.2) is 79.0 Å². The van der Waals surface area contributed by atoms with Crippen LogP contribution in [-0.4, -0.2) is 64.9 Å². The number of fused-ring (bicyclic) bond motifs is 1. The molecule has 0 spiro atoms. The third kappa shape index (κ3) is 7.52. The molecule has 12 heteroatoms. The van der Waals surface area contributed by atoms with Crippen LogP contribution < -0.4 is 0 Å². The lowest BCUT2D eigenvalue weighted by atomic mass is 10.1. The minimum absolute atomic E-state index is 0.0163. The highest BCUT2D eigenvalue weighted by Crippen LogP contribution is 2.29. The summed E-state index contributed by atoms with van der Waals surface area (Å²) in [6, 6.07) is 17.5. The van der Waals surface area contributed by atoms with Crippen molar-refractivity contribution in [1.29, 1.82) is 0 Å². The van der Waals surface area contributed by atoms with E-state index in [0.717, 1.165) is 34.7 Å². The van der Waals surface area contributed by atoms with Gasteiger partial charge in [0, 0.05) is 61.5 Å². The van der Waals surface area contributed by atoms with Gasteiger partial charge in [-0.15, -0.1) is 0 Å². The Morgan fingerprint density at radius 2 is 1.71 bits per heavy atom. The molecule has 220 valence electrons. The van der Waals surface area contributed by atoms with Crippen molar-refractivity contribution in [2.45, 2.75) is 19.1 Å². The van der Waals surface area contributed by atoms with Crippen LogP contribution in [0.1, 0.15) is 27.0 Å². The third-order valence-corrected chi connectivity index (χ3v) is 6.82. The molecule has 1 N–H and O–H groups in total. The number of H-pyrrole nitrogens is 1. The van der Waals surface area contributed by atoms with Crippen LogP contribution in [0.2, 0.25) is 0 Å². The largest absolute Gasteiger partial charge is 0.416 e. The number of carbonyl (C=O) groups is 2. The Kier molecular flexibility index (Phi) is 9.58. The fourth-order valence-electron chi connectivity index (χ4n) is 4.56. The minimum Gasteiger partial charge on any atom is -0.383 e. The number of nitrogens with zero attached hydrogens (tertiary/aromatic N) is 3. The number of carbonyl (C=O) groups excluding carboxylic acids is 2. The molecule has 0 fully saturated rings. The normalized spacial score (nSPS) is 11.4. The number of halogens is 3. The zero-order chi connectivity index (χ0) is 30.3. The molecule has 9 nitrogen and oxygen atoms in total. The molecule has 0 aliphatic carbocycles. The first-order valence-electron chi connectivity index (χ1n) is 13.1. The summed E-state index contributed by atoms with van der Waals surface area (Å²) < 4.78 is 44.4. The molecular weight excluding hydrogens is 553 g/mol. The summed E-state index contributed by atoms with van der Waals surface area (Å²) in [6.07, 6.45) is -2.19. The zero-order valence-electron chi connectivity index (χ0n) is 22.8. The van der Waals surface area contributed by atoms with Gasteiger partial charge in [-0.05, 0) is 41.8 Å². The average molecular weight is 583 g/mol. The summed E-state index contributed by atoms with van der Waals surface area (Å²) in [4.78, 5) is 43.5. The lowest BCUT2D eigenvalue weighted by molar-refractivity contribution is -0.384. The van der Waals surface area contributed by atoms with Crippen LogP contribution in [0.5, 0.6) is 0 Å². The van der Waals surface area contributed by atoms with E-state index in [4.69, 9.17) is 4.74 Å². The number of ether oxygens (including phenoxy) is 1. The van der Waals surface area contributed by atoms with E-state index in [1.807, 2.05) is 30.5 Å². The number of methoxy groups -OCH3 is 1. The minimum atomic E-state index is -4.49. The first-order valence-corrected chi connectivity index (χ1v) is 13.1. The van der Waals surface area contributed by atoms with Gasteiger partial charge in [0.05, 0.1) is 17.1 Å². The molecule has 0 saturated carbocycles. The Morgan fingerprint density at radius 1 is 0.976 bits per heavy atom. The highest BCUT2D eigenvalue weighted by atomic mass is 19.4. The summed E-state index contributed by atoms with van der Waals surface area (Å²) in [5.74, 6) is -1.03. The summed E-state index contributed by atoms with van der Waals surface area (Å²) in [7, 11) is 1.44. The number of non-ortho nitro benzene ring substituents is 1. The lowest BCUT2D eigenvalue weighted by Gasteiger charge is -2.28. The van der Waals surface area contributed by atoms with Crippen molar-refractivity contribution in [2.24, 2.45) is 0 Å². The molecule has 0 aliphatic heterocycles. The van der Waals surface area contributed by atoms with Crippen molar-refractivity contribution in [3.8, 4) is 0 Å². The highest BCUT2D eigenvalue weighted by Gasteiger charge is 2.30. The zero-order valence-corrected chi connectivity index (χ0v) is 22.8. The number of hydrogen-bond donors (Lipinski definition) is 1. The molecule has 2 amide bonds. The number of aromatic amines is 1. The van der Waals surface area contributed by atoms with Crippen LogP contribution in [0.4, 0.5) is 18.9 Å². The van der Waals surface area contributed by atoms with Crippen molar-refractivity contribution in [3.05, 3.63) is 111 Å². The monoisotopic (exact) mass is 582 g/mol. The molecule has 0 saturated heterocycles. The van der Waals surface area contributed by atoms with E-state index in [-0.39, 0.29) is 44.0 Å². The topological polar surface area (TPSA) is 109 Å². The van der Waals surface area contributed by atoms with Gasteiger partial charge in [0.15, 0.2) is 0 Å². The molecule has 0 aliphatic rings. The van der Waals surface area contributed by atoms with Crippen molar-refractivity contribution in [3.63, 3.8) is 0 Å². The van der Waals surface area contributed by atoms with Crippen molar-refractivity contribution in [1.82, 2.24) is 14.8 Å². The van der Waals surface area contributed by atoms with Gasteiger partial charge in [-0.3, -0.25) is 19.7 Å². The van der Waals surface area contributed by atoms with E-state index in [0.29, 0.717) is 12.0 Å². The third-order valence-electron chi connectivity index (χ3n) is 6.82. The van der Waals surface area contributed by atoms with E-state index in [1.54, 1.807) is 0 Å². The number of benzene rings is 3. The van der Waals surface area contributed by atoms with Gasteiger partial charge in [0.25, 0.3) is 11.6 Å². The van der Waals surface area contributed by atoms with Gasteiger partial charge in [-0.2, -0.15) is 13.2 Å². The smallest absolute Gasteiger partial charge is 0.383 e. The summed E-state index contributed by atoms with van der Waals surface area (Å²) in [5, 5.41) is 12.2. The Morgan fingerprint density at radius 3 is 2.40 bits per heavy atom. The number of hydrogen-bond acceptors (Lipinski definition) is 5. The molecule has 0 unspecified atom stereocenters. The molecule has 1 aromatic heterocycles. The van der Waals surface area contributed by atoms with Crippen LogP contribution in [0, 0.1) is 10.1 Å². The van der Waals surface area contributed by atoms with E-state index in [9.17, 15) is 32.9 Å². The molecule has 0 bridgehead atoms. The number of nitrogens with one attached hydrogen (secondary N) is 1. The van der Waals surface area contributed by atoms with Crippen LogP contribution in [-0.2, 0) is 28.7 Å². The number of alkyl halides is 3. The van der Waals surface area contributed by atoms with E-state index in [1.165, 1.54) is 47.2 Å². The number of amides is 2. The standard InChI is InChI=1S/C30H29F3N4O5/c1-42-16-15-36(29(39)22-5-4-6-25(17-22)37(40)41)20-28(38)35(19-21-9-11-24(12-10-21)30(31,32)33)14-13-23-18-34-27-8-3-2-7-26(23)27/h2-12,17-18,34H,13-16,19-20H2,1H3. The molecule has 4 aromatic rings. The van der Waals surface area contributed by atoms with Crippen molar-refractivity contribution < 1.29 is 32.4 Å². The quantitative estimate of drug-likeness (QED) is 0.176. The molecular formula is C30H29F3N4O5. The lowest BCUT2D eigenvalue weighted by Crippen LogP contribution is -2.44. The van der Waals surface area contributed by atoms with Gasteiger partial charge in [-0.1, -0.05) is 36.4 Å². The second-order valence-electron chi connectivity index (χ2n) is 9.65. The van der Waals surface area contributed by atoms with Gasteiger partial charge < -0.3 is 19.5 Å². The molecule has 0 atom stereocenters. The van der Waals surface area contributed by atoms with Crippen molar-refractivity contribution in [2.75, 3.05) is 33.4 Å². The van der Waals surface area contributed by atoms with Gasteiger partial charge >= 0.3 is 6.18 Å². The maximum atomic E-state index is 13.7. The van der Waals surface area contributed by atoms with E-state index < -0.39 is 28.5 Å². The average Bonchev–Trinajstić information content (AvgIpc) is 3.39. The SMILES string of the molecule is COCCN(CC(=O)N(CCc1c[nH]c2ccccc12)Cc1ccc(C(F)(F)F)cc1)C(=O)c1cccc([N+](=O)[O-])c1. The summed E-state index contributed by atoms with van der Waals surface area (Å²) in [6.45, 7) is 0.0369. The molecule has 1 heterocycles. The number of rotatable bonds is 12. The molecule has 4 rings (SSSR count). The Hall–Kier alpha value is -4.71. The summed E-state index contributed by atoms with van der Waals surface area (Å²) >= 11 is 0. The molecule has 3 aromatic carbocycles. The molecule has 42 heavy (non-hydrogen) atoms. The van der Waals surface area contributed by atoms with Crippen LogP contribution >= 0.6 is 0 Å². The highest BCUT2D eigenvalue weighted by molar-refractivity contribution is 5.97. The maximum absolute atomic E-state index is 13.7. The van der Waals surface area contributed by atoms with E-state index in [2.05, 4.69) is 4.98 Å². The van der Waals surface area contributed by atoms with Crippen LogP contribution in [0.25, 0.3) is 10.9 Å². The fraction of sp³-hybridized carbons (Fsp3) is 0.267. The Labute approximate surface area is 239 Å². The van der Waals surface area contributed by atoms with E-state index >= 15 is 0 Å². The Balaban J connectivity index is 1.58. The van der Waals surface area contributed by atoms with Crippen LogP contribution in [0.3, 0.4) is 0 Å². The van der Waals surface area contributed by atoms with Gasteiger partial charge in [0.2, 0.25) is 5.91 Å². The van der Waals surface area contributed by atoms with Crippen molar-refractivity contribution >= 4 is 28.4 Å². The first kappa shape index (κ1) is 30.3. The number of aromatic nitrogens is 1. The number of para-hydroxylation sites is 1. The predicted molar refractivity (Wildman–Crippen MR) is 150 cm³/mol. The predicted octanol–water partition coefficient (Wildman–Crippen LogP) is 5.46. The second kappa shape index (κ2) is 13.3. The fourth-order valence-corrected chi connectivity index (χ4v) is 4.56.